The highest BCUT2D eigenvalue weighted by atomic mass is 16.3. The first kappa shape index (κ1) is 11.7. The van der Waals surface area contributed by atoms with Gasteiger partial charge in [-0.15, -0.1) is 6.58 Å². The Kier molecular flexibility index (Phi) is 4.85. The standard InChI is InChI=1S/C14H18O/c1-3-7-14(15)11-12(2)10-13-8-5-4-6-9-13/h3-6,8-10,14-15H,1,7,11H2,2H3/b12-10-/t14-/m0/s1. The molecule has 0 aliphatic heterocycles. The smallest absolute Gasteiger partial charge is 0.0611 e. The van der Waals surface area contributed by atoms with Crippen molar-refractivity contribution < 1.29 is 5.11 Å². The molecule has 0 saturated heterocycles. The molecule has 80 valence electrons. The molecular weight excluding hydrogens is 184 g/mol. The average Bonchev–Trinajstić information content (AvgIpc) is 2.19. The molecule has 1 heteroatoms. The first-order chi connectivity index (χ1) is 7.22. The van der Waals surface area contributed by atoms with Gasteiger partial charge in [0.1, 0.15) is 0 Å². The van der Waals surface area contributed by atoms with Crippen molar-refractivity contribution in [2.24, 2.45) is 0 Å². The van der Waals surface area contributed by atoms with E-state index in [4.69, 9.17) is 0 Å². The number of rotatable bonds is 5. The van der Waals surface area contributed by atoms with E-state index in [1.807, 2.05) is 25.1 Å². The van der Waals surface area contributed by atoms with E-state index in [0.29, 0.717) is 12.8 Å². The minimum atomic E-state index is -0.303. The maximum Gasteiger partial charge on any atom is 0.0611 e. The van der Waals surface area contributed by atoms with Crippen LogP contribution in [0, 0.1) is 0 Å². The predicted molar refractivity (Wildman–Crippen MR) is 65.5 cm³/mol. The zero-order valence-corrected chi connectivity index (χ0v) is 9.19. The van der Waals surface area contributed by atoms with Crippen LogP contribution in [0.15, 0.2) is 48.6 Å². The molecule has 0 saturated carbocycles. The number of benzene rings is 1. The lowest BCUT2D eigenvalue weighted by Gasteiger charge is -2.07. The molecule has 0 bridgehead atoms. The van der Waals surface area contributed by atoms with Gasteiger partial charge in [-0.3, -0.25) is 0 Å². The second kappa shape index (κ2) is 6.20. The zero-order chi connectivity index (χ0) is 11.1. The molecule has 1 nitrogen and oxygen atoms in total. The Morgan fingerprint density at radius 2 is 2.07 bits per heavy atom. The van der Waals surface area contributed by atoms with E-state index in [2.05, 4.69) is 24.8 Å². The normalized spacial score (nSPS) is 13.6. The van der Waals surface area contributed by atoms with Crippen molar-refractivity contribution >= 4 is 6.08 Å². The molecule has 1 aromatic rings. The summed E-state index contributed by atoms with van der Waals surface area (Å²) in [6, 6.07) is 10.1. The number of aliphatic hydroxyl groups is 1. The summed E-state index contributed by atoms with van der Waals surface area (Å²) in [5.41, 5.74) is 2.37. The number of hydrogen-bond donors (Lipinski definition) is 1. The molecule has 0 aliphatic rings. The molecule has 1 aromatic carbocycles. The summed E-state index contributed by atoms with van der Waals surface area (Å²) in [7, 11) is 0. The van der Waals surface area contributed by atoms with Crippen LogP contribution < -0.4 is 0 Å². The van der Waals surface area contributed by atoms with Crippen LogP contribution in [0.3, 0.4) is 0 Å². The second-order valence-electron chi connectivity index (χ2n) is 3.78. The lowest BCUT2D eigenvalue weighted by Crippen LogP contribution is -2.04. The van der Waals surface area contributed by atoms with Gasteiger partial charge in [0.05, 0.1) is 6.10 Å². The third-order valence-corrected chi connectivity index (χ3v) is 2.21. The maximum absolute atomic E-state index is 9.59. The first-order valence-electron chi connectivity index (χ1n) is 5.23. The fraction of sp³-hybridized carbons (Fsp3) is 0.286. The van der Waals surface area contributed by atoms with Crippen molar-refractivity contribution in [2.45, 2.75) is 25.9 Å². The molecule has 0 amide bonds. The predicted octanol–water partition coefficient (Wildman–Crippen LogP) is 3.42. The lowest BCUT2D eigenvalue weighted by atomic mass is 10.0. The molecule has 15 heavy (non-hydrogen) atoms. The molecule has 0 spiro atoms. The summed E-state index contributed by atoms with van der Waals surface area (Å²) < 4.78 is 0. The highest BCUT2D eigenvalue weighted by Crippen LogP contribution is 2.12. The van der Waals surface area contributed by atoms with Crippen LogP contribution in [0.5, 0.6) is 0 Å². The van der Waals surface area contributed by atoms with Crippen LogP contribution in [0.1, 0.15) is 25.3 Å². The molecule has 0 fully saturated rings. The van der Waals surface area contributed by atoms with E-state index in [1.165, 1.54) is 11.1 Å². The van der Waals surface area contributed by atoms with Crippen LogP contribution in [-0.2, 0) is 0 Å². The monoisotopic (exact) mass is 202 g/mol. The van der Waals surface area contributed by atoms with E-state index in [-0.39, 0.29) is 6.10 Å². The third kappa shape index (κ3) is 4.61. The summed E-state index contributed by atoms with van der Waals surface area (Å²) >= 11 is 0. The third-order valence-electron chi connectivity index (χ3n) is 2.21. The summed E-state index contributed by atoms with van der Waals surface area (Å²) in [4.78, 5) is 0. The zero-order valence-electron chi connectivity index (χ0n) is 9.19. The van der Waals surface area contributed by atoms with Crippen LogP contribution in [0.25, 0.3) is 6.08 Å². The molecule has 0 heterocycles. The van der Waals surface area contributed by atoms with Crippen molar-refractivity contribution in [3.8, 4) is 0 Å². The molecule has 0 radical (unpaired) electrons. The fourth-order valence-corrected chi connectivity index (χ4v) is 1.54. The molecule has 1 N–H and O–H groups in total. The Morgan fingerprint density at radius 1 is 1.40 bits per heavy atom. The Hall–Kier alpha value is -1.34. The van der Waals surface area contributed by atoms with E-state index >= 15 is 0 Å². The van der Waals surface area contributed by atoms with E-state index in [0.717, 1.165) is 0 Å². The van der Waals surface area contributed by atoms with E-state index in [1.54, 1.807) is 6.08 Å². The topological polar surface area (TPSA) is 20.2 Å². The van der Waals surface area contributed by atoms with Crippen LogP contribution in [-0.4, -0.2) is 11.2 Å². The number of aliphatic hydroxyl groups excluding tert-OH is 1. The molecular formula is C14H18O. The molecule has 0 unspecified atom stereocenters. The lowest BCUT2D eigenvalue weighted by molar-refractivity contribution is 0.178. The molecule has 1 atom stereocenters. The average molecular weight is 202 g/mol. The Morgan fingerprint density at radius 3 is 2.67 bits per heavy atom. The van der Waals surface area contributed by atoms with Gasteiger partial charge in [-0.25, -0.2) is 0 Å². The van der Waals surface area contributed by atoms with E-state index in [9.17, 15) is 5.11 Å². The number of hydrogen-bond acceptors (Lipinski definition) is 1. The Balaban J connectivity index is 2.56. The first-order valence-corrected chi connectivity index (χ1v) is 5.23. The minimum absolute atomic E-state index is 0.303. The van der Waals surface area contributed by atoms with Crippen molar-refractivity contribution in [3.05, 3.63) is 54.1 Å². The van der Waals surface area contributed by atoms with Gasteiger partial charge < -0.3 is 5.11 Å². The van der Waals surface area contributed by atoms with E-state index < -0.39 is 0 Å². The van der Waals surface area contributed by atoms with Gasteiger partial charge >= 0.3 is 0 Å². The van der Waals surface area contributed by atoms with Crippen molar-refractivity contribution in [1.29, 1.82) is 0 Å². The Labute approximate surface area is 91.8 Å². The maximum atomic E-state index is 9.59. The summed E-state index contributed by atoms with van der Waals surface area (Å²) in [5.74, 6) is 0. The minimum Gasteiger partial charge on any atom is -0.392 e. The summed E-state index contributed by atoms with van der Waals surface area (Å²) in [5, 5.41) is 9.59. The highest BCUT2D eigenvalue weighted by molar-refractivity contribution is 5.52. The molecule has 1 rings (SSSR count). The Bertz CT molecular complexity index is 324. The fourth-order valence-electron chi connectivity index (χ4n) is 1.54. The second-order valence-corrected chi connectivity index (χ2v) is 3.78. The van der Waals surface area contributed by atoms with Crippen LogP contribution in [0.4, 0.5) is 0 Å². The SMILES string of the molecule is C=CC[C@H](O)C/C(C)=C\c1ccccc1. The van der Waals surface area contributed by atoms with Gasteiger partial charge in [0, 0.05) is 0 Å². The van der Waals surface area contributed by atoms with Gasteiger partial charge in [0.2, 0.25) is 0 Å². The van der Waals surface area contributed by atoms with Crippen molar-refractivity contribution in [2.75, 3.05) is 0 Å². The van der Waals surface area contributed by atoms with Gasteiger partial charge in [0.15, 0.2) is 0 Å². The van der Waals surface area contributed by atoms with Gasteiger partial charge in [-0.05, 0) is 25.3 Å². The molecule has 0 aromatic heterocycles. The van der Waals surface area contributed by atoms with Crippen molar-refractivity contribution in [1.82, 2.24) is 0 Å². The van der Waals surface area contributed by atoms with Gasteiger partial charge in [-0.2, -0.15) is 0 Å². The van der Waals surface area contributed by atoms with Gasteiger partial charge in [-0.1, -0.05) is 48.1 Å². The largest absolute Gasteiger partial charge is 0.392 e. The van der Waals surface area contributed by atoms with Crippen LogP contribution >= 0.6 is 0 Å². The summed E-state index contributed by atoms with van der Waals surface area (Å²) in [6.07, 6.45) is 4.91. The van der Waals surface area contributed by atoms with Crippen molar-refractivity contribution in [3.63, 3.8) is 0 Å². The van der Waals surface area contributed by atoms with Gasteiger partial charge in [0.25, 0.3) is 0 Å². The summed E-state index contributed by atoms with van der Waals surface area (Å²) in [6.45, 7) is 5.65. The molecule has 0 aliphatic carbocycles. The van der Waals surface area contributed by atoms with Crippen LogP contribution in [0.2, 0.25) is 0 Å². The quantitative estimate of drug-likeness (QED) is 0.725. The highest BCUT2D eigenvalue weighted by Gasteiger charge is 2.02.